The van der Waals surface area contributed by atoms with Gasteiger partial charge in [0, 0.05) is 5.92 Å². The molecule has 0 N–H and O–H groups in total. The van der Waals surface area contributed by atoms with Crippen molar-refractivity contribution < 1.29 is 17.6 Å². The van der Waals surface area contributed by atoms with Gasteiger partial charge in [0.25, 0.3) is 0 Å². The summed E-state index contributed by atoms with van der Waals surface area (Å²) in [5.74, 6) is 2.94. The first-order valence-electron chi connectivity index (χ1n) is 3.72. The molecule has 0 aliphatic rings. The molecule has 0 heterocycles. The minimum atomic E-state index is -4.54. The third-order valence-electron chi connectivity index (χ3n) is 1.55. The molecule has 0 aliphatic carbocycles. The van der Waals surface area contributed by atoms with Crippen molar-refractivity contribution in [3.63, 3.8) is 0 Å². The highest BCUT2D eigenvalue weighted by Gasteiger charge is 2.30. The molecule has 0 saturated heterocycles. The highest BCUT2D eigenvalue weighted by Crippen LogP contribution is 2.30. The number of rotatable bonds is 0. The minimum absolute atomic E-state index is 0.439. The SMILES string of the molecule is N#CC#Cc1cc(C(F)(F)F)ccc1F. The van der Waals surface area contributed by atoms with Gasteiger partial charge in [-0.05, 0) is 24.1 Å². The molecular weight excluding hydrogens is 210 g/mol. The van der Waals surface area contributed by atoms with Crippen LogP contribution in [0.2, 0.25) is 0 Å². The quantitative estimate of drug-likeness (QED) is 0.480. The Kier molecular flexibility index (Phi) is 2.96. The van der Waals surface area contributed by atoms with E-state index in [1.54, 1.807) is 0 Å². The van der Waals surface area contributed by atoms with Crippen LogP contribution in [0.3, 0.4) is 0 Å². The van der Waals surface area contributed by atoms with Gasteiger partial charge in [0.1, 0.15) is 5.82 Å². The smallest absolute Gasteiger partial charge is 0.206 e. The lowest BCUT2D eigenvalue weighted by Crippen LogP contribution is -2.05. The molecule has 0 amide bonds. The normalized spacial score (nSPS) is 10.1. The molecular formula is C10H3F4N. The summed E-state index contributed by atoms with van der Waals surface area (Å²) in [5.41, 5.74) is -1.43. The Morgan fingerprint density at radius 2 is 1.87 bits per heavy atom. The van der Waals surface area contributed by atoms with Crippen molar-refractivity contribution in [1.82, 2.24) is 0 Å². The summed E-state index contributed by atoms with van der Waals surface area (Å²) in [6.07, 6.45) is -4.54. The molecule has 0 radical (unpaired) electrons. The second-order valence-electron chi connectivity index (χ2n) is 2.55. The highest BCUT2D eigenvalue weighted by molar-refractivity contribution is 5.41. The summed E-state index contributed by atoms with van der Waals surface area (Å²) in [6.45, 7) is 0. The Morgan fingerprint density at radius 3 is 2.40 bits per heavy atom. The van der Waals surface area contributed by atoms with Crippen LogP contribution in [-0.4, -0.2) is 0 Å². The van der Waals surface area contributed by atoms with E-state index >= 15 is 0 Å². The lowest BCUT2D eigenvalue weighted by atomic mass is 10.1. The zero-order chi connectivity index (χ0) is 11.5. The van der Waals surface area contributed by atoms with Crippen molar-refractivity contribution >= 4 is 0 Å². The van der Waals surface area contributed by atoms with Gasteiger partial charge in [0.2, 0.25) is 0 Å². The molecule has 0 unspecified atom stereocenters. The number of hydrogen-bond donors (Lipinski definition) is 0. The zero-order valence-electron chi connectivity index (χ0n) is 7.19. The molecule has 0 aromatic heterocycles. The van der Waals surface area contributed by atoms with Gasteiger partial charge in [0.15, 0.2) is 6.07 Å². The predicted octanol–water partition coefficient (Wildman–Crippen LogP) is 2.72. The van der Waals surface area contributed by atoms with E-state index < -0.39 is 23.1 Å². The van der Waals surface area contributed by atoms with Crippen molar-refractivity contribution in [2.45, 2.75) is 6.18 Å². The van der Waals surface area contributed by atoms with Gasteiger partial charge >= 0.3 is 6.18 Å². The summed E-state index contributed by atoms with van der Waals surface area (Å²) in [6, 6.07) is 3.25. The molecule has 0 atom stereocenters. The fourth-order valence-electron chi connectivity index (χ4n) is 0.893. The Hall–Kier alpha value is -2.01. The maximum absolute atomic E-state index is 12.9. The van der Waals surface area contributed by atoms with Gasteiger partial charge in [0.05, 0.1) is 11.1 Å². The predicted molar refractivity (Wildman–Crippen MR) is 43.9 cm³/mol. The molecule has 1 rings (SSSR count). The molecule has 5 heteroatoms. The first-order valence-corrected chi connectivity index (χ1v) is 3.72. The molecule has 15 heavy (non-hydrogen) atoms. The lowest BCUT2D eigenvalue weighted by molar-refractivity contribution is -0.137. The van der Waals surface area contributed by atoms with Crippen molar-refractivity contribution in [2.24, 2.45) is 0 Å². The van der Waals surface area contributed by atoms with E-state index in [-0.39, 0.29) is 0 Å². The standard InChI is InChI=1S/C10H3F4N/c11-9-4-3-8(10(12,13)14)6-7(9)2-1-5-15/h3-4,6H. The van der Waals surface area contributed by atoms with Gasteiger partial charge in [-0.1, -0.05) is 0 Å². The topological polar surface area (TPSA) is 23.8 Å². The Bertz CT molecular complexity index is 471. The molecule has 0 fully saturated rings. The summed E-state index contributed by atoms with van der Waals surface area (Å²) in [4.78, 5) is 0. The van der Waals surface area contributed by atoms with E-state index in [4.69, 9.17) is 5.26 Å². The Morgan fingerprint density at radius 1 is 1.20 bits per heavy atom. The van der Waals surface area contributed by atoms with Gasteiger partial charge < -0.3 is 0 Å². The number of nitrogens with zero attached hydrogens (tertiary/aromatic N) is 1. The average molecular weight is 213 g/mol. The molecule has 76 valence electrons. The van der Waals surface area contributed by atoms with E-state index in [1.807, 2.05) is 11.8 Å². The number of benzene rings is 1. The molecule has 1 aromatic rings. The van der Waals surface area contributed by atoms with Gasteiger partial charge in [-0.3, -0.25) is 0 Å². The number of nitriles is 1. The number of hydrogen-bond acceptors (Lipinski definition) is 1. The molecule has 1 aromatic carbocycles. The molecule has 0 saturated carbocycles. The second-order valence-corrected chi connectivity index (χ2v) is 2.55. The fraction of sp³-hybridized carbons (Fsp3) is 0.100. The second kappa shape index (κ2) is 4.02. The van der Waals surface area contributed by atoms with Crippen LogP contribution >= 0.6 is 0 Å². The zero-order valence-corrected chi connectivity index (χ0v) is 7.19. The van der Waals surface area contributed by atoms with Crippen LogP contribution in [0, 0.1) is 29.0 Å². The van der Waals surface area contributed by atoms with Crippen LogP contribution in [0.5, 0.6) is 0 Å². The van der Waals surface area contributed by atoms with E-state index in [2.05, 4.69) is 0 Å². The van der Waals surface area contributed by atoms with Gasteiger partial charge in [-0.25, -0.2) is 4.39 Å². The Labute approximate surface area is 82.9 Å². The van der Waals surface area contributed by atoms with Crippen LogP contribution in [-0.2, 0) is 6.18 Å². The molecule has 0 aliphatic heterocycles. The maximum atomic E-state index is 12.9. The summed E-state index contributed by atoms with van der Waals surface area (Å²) < 4.78 is 49.5. The monoisotopic (exact) mass is 213 g/mol. The van der Waals surface area contributed by atoms with Crippen molar-refractivity contribution in [3.8, 4) is 17.9 Å². The molecule has 0 bridgehead atoms. The third kappa shape index (κ3) is 2.72. The van der Waals surface area contributed by atoms with E-state index in [0.717, 1.165) is 0 Å². The van der Waals surface area contributed by atoms with E-state index in [0.29, 0.717) is 18.2 Å². The van der Waals surface area contributed by atoms with E-state index in [1.165, 1.54) is 6.07 Å². The third-order valence-corrected chi connectivity index (χ3v) is 1.55. The van der Waals surface area contributed by atoms with Crippen molar-refractivity contribution in [1.29, 1.82) is 5.26 Å². The summed E-state index contributed by atoms with van der Waals surface area (Å²) >= 11 is 0. The van der Waals surface area contributed by atoms with Crippen LogP contribution in [0.1, 0.15) is 11.1 Å². The lowest BCUT2D eigenvalue weighted by Gasteiger charge is -2.06. The largest absolute Gasteiger partial charge is 0.416 e. The van der Waals surface area contributed by atoms with E-state index in [9.17, 15) is 17.6 Å². The van der Waals surface area contributed by atoms with Crippen LogP contribution in [0.4, 0.5) is 17.6 Å². The first kappa shape index (κ1) is 11.1. The van der Waals surface area contributed by atoms with Crippen LogP contribution < -0.4 is 0 Å². The average Bonchev–Trinajstić information content (AvgIpc) is 2.15. The van der Waals surface area contributed by atoms with Crippen molar-refractivity contribution in [2.75, 3.05) is 0 Å². The summed E-state index contributed by atoms with van der Waals surface area (Å²) in [5, 5.41) is 8.08. The number of alkyl halides is 3. The molecule has 0 spiro atoms. The fourth-order valence-corrected chi connectivity index (χ4v) is 0.893. The minimum Gasteiger partial charge on any atom is -0.206 e. The van der Waals surface area contributed by atoms with Crippen molar-refractivity contribution in [3.05, 3.63) is 35.1 Å². The Balaban J connectivity index is 3.24. The number of halogens is 4. The summed E-state index contributed by atoms with van der Waals surface area (Å²) in [7, 11) is 0. The van der Waals surface area contributed by atoms with Crippen LogP contribution in [0.25, 0.3) is 0 Å². The molecule has 1 nitrogen and oxygen atoms in total. The first-order chi connectivity index (χ1) is 6.95. The van der Waals surface area contributed by atoms with Gasteiger partial charge in [-0.15, -0.1) is 0 Å². The highest BCUT2D eigenvalue weighted by atomic mass is 19.4. The van der Waals surface area contributed by atoms with Gasteiger partial charge in [-0.2, -0.15) is 18.4 Å². The van der Waals surface area contributed by atoms with Crippen LogP contribution in [0.15, 0.2) is 18.2 Å². The maximum Gasteiger partial charge on any atom is 0.416 e.